The molecule has 0 aliphatic rings. The van der Waals surface area contributed by atoms with Crippen LogP contribution in [0.3, 0.4) is 0 Å². The predicted octanol–water partition coefficient (Wildman–Crippen LogP) is 4.04. The zero-order valence-corrected chi connectivity index (χ0v) is 10.9. The highest BCUT2D eigenvalue weighted by Crippen LogP contribution is 2.31. The second-order valence-electron chi connectivity index (χ2n) is 3.66. The molecule has 0 aliphatic heterocycles. The highest BCUT2D eigenvalue weighted by molar-refractivity contribution is 6.39. The number of hydrogen-bond donors (Lipinski definition) is 2. The van der Waals surface area contributed by atoms with Crippen molar-refractivity contribution in [3.8, 4) is 0 Å². The molecule has 0 amide bonds. The van der Waals surface area contributed by atoms with Crippen LogP contribution < -0.4 is 5.32 Å². The Labute approximate surface area is 117 Å². The molecule has 19 heavy (non-hydrogen) atoms. The van der Waals surface area contributed by atoms with Gasteiger partial charge in [0.05, 0.1) is 28.5 Å². The Kier molecular flexibility index (Phi) is 3.97. The van der Waals surface area contributed by atoms with E-state index in [0.29, 0.717) is 5.69 Å². The third kappa shape index (κ3) is 3.00. The third-order valence-electron chi connectivity index (χ3n) is 2.41. The second-order valence-corrected chi connectivity index (χ2v) is 4.47. The van der Waals surface area contributed by atoms with Gasteiger partial charge in [0.25, 0.3) is 0 Å². The van der Waals surface area contributed by atoms with Gasteiger partial charge in [-0.05, 0) is 18.2 Å². The fourth-order valence-electron chi connectivity index (χ4n) is 1.55. The topological polar surface area (TPSA) is 62.5 Å². The lowest BCUT2D eigenvalue weighted by atomic mass is 10.2. The van der Waals surface area contributed by atoms with E-state index in [1.807, 2.05) is 0 Å². The molecule has 0 unspecified atom stereocenters. The fraction of sp³-hybridized carbons (Fsp3) is 0.0833. The number of carboxylic acids is 1. The molecule has 2 N–H and O–H groups in total. The largest absolute Gasteiger partial charge is 0.478 e. The highest BCUT2D eigenvalue weighted by Gasteiger charge is 2.14. The molecule has 0 bridgehead atoms. The van der Waals surface area contributed by atoms with Crippen LogP contribution in [0.25, 0.3) is 0 Å². The van der Waals surface area contributed by atoms with Crippen LogP contribution in [0.1, 0.15) is 16.1 Å². The highest BCUT2D eigenvalue weighted by atomic mass is 35.5. The number of carbonyl (C=O) groups is 1. The minimum Gasteiger partial charge on any atom is -0.478 e. The lowest BCUT2D eigenvalue weighted by Crippen LogP contribution is -2.05. The van der Waals surface area contributed by atoms with E-state index in [0.717, 1.165) is 12.1 Å². The van der Waals surface area contributed by atoms with Crippen molar-refractivity contribution in [3.05, 3.63) is 51.6 Å². The zero-order valence-electron chi connectivity index (χ0n) is 9.41. The lowest BCUT2D eigenvalue weighted by Gasteiger charge is -2.09. The predicted molar refractivity (Wildman–Crippen MR) is 69.4 cm³/mol. The monoisotopic (exact) mass is 303 g/mol. The summed E-state index contributed by atoms with van der Waals surface area (Å²) in [6.45, 7) is 0.0692. The van der Waals surface area contributed by atoms with Crippen LogP contribution in [-0.4, -0.2) is 11.1 Å². The Balaban J connectivity index is 2.19. The minimum atomic E-state index is -1.10. The van der Waals surface area contributed by atoms with E-state index in [1.54, 1.807) is 0 Å². The molecule has 7 heteroatoms. The van der Waals surface area contributed by atoms with Gasteiger partial charge in [0.1, 0.15) is 17.1 Å². The second kappa shape index (κ2) is 5.50. The smallest absolute Gasteiger partial charge is 0.339 e. The maximum absolute atomic E-state index is 13.0. The van der Waals surface area contributed by atoms with Crippen LogP contribution in [0.5, 0.6) is 0 Å². The van der Waals surface area contributed by atoms with Gasteiger partial charge in [0.15, 0.2) is 0 Å². The van der Waals surface area contributed by atoms with Crippen LogP contribution in [-0.2, 0) is 6.54 Å². The fourth-order valence-corrected chi connectivity index (χ4v) is 2.14. The average Bonchev–Trinajstić information content (AvgIpc) is 2.75. The number of rotatable bonds is 4. The van der Waals surface area contributed by atoms with Gasteiger partial charge in [-0.3, -0.25) is 0 Å². The molecule has 2 rings (SSSR count). The average molecular weight is 304 g/mol. The first-order valence-electron chi connectivity index (χ1n) is 5.17. The van der Waals surface area contributed by atoms with Crippen molar-refractivity contribution in [3.63, 3.8) is 0 Å². The number of anilines is 1. The number of benzene rings is 1. The van der Waals surface area contributed by atoms with Crippen LogP contribution in [0.15, 0.2) is 28.9 Å². The molecule has 2 aromatic rings. The Morgan fingerprint density at radius 2 is 2.00 bits per heavy atom. The third-order valence-corrected chi connectivity index (χ3v) is 3.00. The molecule has 1 heterocycles. The SMILES string of the molecule is O=C(O)c1ccoc1CNc1c(Cl)cc(F)cc1Cl. The van der Waals surface area contributed by atoms with Gasteiger partial charge in [-0.15, -0.1) is 0 Å². The van der Waals surface area contributed by atoms with Crippen molar-refractivity contribution in [2.45, 2.75) is 6.54 Å². The van der Waals surface area contributed by atoms with E-state index >= 15 is 0 Å². The summed E-state index contributed by atoms with van der Waals surface area (Å²) in [7, 11) is 0. The van der Waals surface area contributed by atoms with E-state index in [2.05, 4.69) is 5.32 Å². The number of hydrogen-bond acceptors (Lipinski definition) is 3. The van der Waals surface area contributed by atoms with Gasteiger partial charge < -0.3 is 14.8 Å². The number of halogens is 3. The molecular weight excluding hydrogens is 296 g/mol. The number of aromatic carboxylic acids is 1. The van der Waals surface area contributed by atoms with E-state index < -0.39 is 11.8 Å². The maximum atomic E-state index is 13.0. The summed E-state index contributed by atoms with van der Waals surface area (Å²) >= 11 is 11.7. The van der Waals surface area contributed by atoms with Crippen molar-refractivity contribution < 1.29 is 18.7 Å². The van der Waals surface area contributed by atoms with Crippen LogP contribution in [0.2, 0.25) is 10.0 Å². The van der Waals surface area contributed by atoms with Crippen molar-refractivity contribution >= 4 is 34.9 Å². The van der Waals surface area contributed by atoms with Crippen molar-refractivity contribution in [1.29, 1.82) is 0 Å². The van der Waals surface area contributed by atoms with E-state index in [1.165, 1.54) is 12.3 Å². The first-order valence-corrected chi connectivity index (χ1v) is 5.92. The molecular formula is C12H8Cl2FNO3. The molecule has 0 saturated carbocycles. The Bertz CT molecular complexity index is 604. The molecule has 4 nitrogen and oxygen atoms in total. The molecule has 1 aromatic carbocycles. The number of nitrogens with one attached hydrogen (secondary N) is 1. The van der Waals surface area contributed by atoms with Gasteiger partial charge >= 0.3 is 5.97 Å². The quantitative estimate of drug-likeness (QED) is 0.895. The number of furan rings is 1. The summed E-state index contributed by atoms with van der Waals surface area (Å²) in [5, 5.41) is 11.9. The molecule has 0 radical (unpaired) electrons. The van der Waals surface area contributed by atoms with Gasteiger partial charge in [0, 0.05) is 0 Å². The van der Waals surface area contributed by atoms with Gasteiger partial charge in [-0.1, -0.05) is 23.2 Å². The Morgan fingerprint density at radius 3 is 2.58 bits per heavy atom. The van der Waals surface area contributed by atoms with Crippen LogP contribution in [0.4, 0.5) is 10.1 Å². The van der Waals surface area contributed by atoms with Gasteiger partial charge in [-0.25, -0.2) is 9.18 Å². The summed E-state index contributed by atoms with van der Waals surface area (Å²) in [6, 6.07) is 3.55. The summed E-state index contributed by atoms with van der Waals surface area (Å²) in [4.78, 5) is 10.9. The Morgan fingerprint density at radius 1 is 1.37 bits per heavy atom. The lowest BCUT2D eigenvalue weighted by molar-refractivity contribution is 0.0694. The summed E-state index contributed by atoms with van der Waals surface area (Å²) < 4.78 is 18.0. The van der Waals surface area contributed by atoms with Gasteiger partial charge in [0.2, 0.25) is 0 Å². The van der Waals surface area contributed by atoms with Crippen LogP contribution in [0, 0.1) is 5.82 Å². The Hall–Kier alpha value is -1.72. The van der Waals surface area contributed by atoms with E-state index in [4.69, 9.17) is 32.7 Å². The van der Waals surface area contributed by atoms with E-state index in [9.17, 15) is 9.18 Å². The first kappa shape index (κ1) is 13.7. The van der Waals surface area contributed by atoms with E-state index in [-0.39, 0.29) is 27.9 Å². The standard InChI is InChI=1S/C12H8Cl2FNO3/c13-8-3-6(15)4-9(14)11(8)16-5-10-7(12(17)18)1-2-19-10/h1-4,16H,5H2,(H,17,18). The van der Waals surface area contributed by atoms with Crippen LogP contribution >= 0.6 is 23.2 Å². The van der Waals surface area contributed by atoms with Crippen molar-refractivity contribution in [1.82, 2.24) is 0 Å². The van der Waals surface area contributed by atoms with Crippen molar-refractivity contribution in [2.24, 2.45) is 0 Å². The van der Waals surface area contributed by atoms with Gasteiger partial charge in [-0.2, -0.15) is 0 Å². The normalized spacial score (nSPS) is 10.5. The maximum Gasteiger partial charge on any atom is 0.339 e. The molecule has 100 valence electrons. The summed E-state index contributed by atoms with van der Waals surface area (Å²) in [6.07, 6.45) is 1.27. The molecule has 0 saturated heterocycles. The minimum absolute atomic E-state index is 0.0434. The van der Waals surface area contributed by atoms with Crippen molar-refractivity contribution in [2.75, 3.05) is 5.32 Å². The molecule has 0 aliphatic carbocycles. The molecule has 0 atom stereocenters. The number of carboxylic acid groups (broad SMARTS) is 1. The molecule has 0 spiro atoms. The molecule has 1 aromatic heterocycles. The summed E-state index contributed by atoms with van der Waals surface area (Å²) in [5.74, 6) is -1.42. The summed E-state index contributed by atoms with van der Waals surface area (Å²) in [5.41, 5.74) is 0.360. The zero-order chi connectivity index (χ0) is 14.0. The molecule has 0 fully saturated rings. The first-order chi connectivity index (χ1) is 8.99.